The summed E-state index contributed by atoms with van der Waals surface area (Å²) in [5.74, 6) is 0.900. The number of phenolic OH excluding ortho intramolecular Hbond substituents is 1. The molecule has 0 bridgehead atoms. The van der Waals surface area contributed by atoms with Crippen molar-refractivity contribution in [3.05, 3.63) is 54.7 Å². The molecule has 120 valence electrons. The van der Waals surface area contributed by atoms with Crippen LogP contribution in [0.15, 0.2) is 54.7 Å². The first-order valence-corrected chi connectivity index (χ1v) is 7.78. The maximum absolute atomic E-state index is 10.2. The topological polar surface area (TPSA) is 88.5 Å². The Morgan fingerprint density at radius 3 is 2.71 bits per heavy atom. The van der Waals surface area contributed by atoms with Gasteiger partial charge in [-0.15, -0.1) is 0 Å². The van der Waals surface area contributed by atoms with Crippen molar-refractivity contribution in [3.63, 3.8) is 0 Å². The number of para-hydroxylation sites is 3. The molecule has 2 aromatic carbocycles. The van der Waals surface area contributed by atoms with E-state index in [-0.39, 0.29) is 5.75 Å². The number of nitrogens with one attached hydrogen (secondary N) is 1. The number of hydrogen-bond acceptors (Lipinski definition) is 5. The number of phenols is 1. The fraction of sp³-hybridized carbons (Fsp3) is 0.111. The summed E-state index contributed by atoms with van der Waals surface area (Å²) in [6, 6.07) is 15.1. The highest BCUT2D eigenvalue weighted by Gasteiger charge is 2.16. The number of anilines is 1. The highest BCUT2D eigenvalue weighted by atomic mass is 16.3. The fourth-order valence-electron chi connectivity index (χ4n) is 2.87. The van der Waals surface area contributed by atoms with E-state index in [0.29, 0.717) is 24.6 Å². The summed E-state index contributed by atoms with van der Waals surface area (Å²) in [5, 5.41) is 13.5. The van der Waals surface area contributed by atoms with E-state index in [0.717, 1.165) is 22.3 Å². The smallest absolute Gasteiger partial charge is 0.181 e. The SMILES string of the molecule is NCCNc1nc2ccccc2n2c(-c3ccccc3O)cnc12. The minimum atomic E-state index is 0.219. The van der Waals surface area contributed by atoms with Gasteiger partial charge >= 0.3 is 0 Å². The van der Waals surface area contributed by atoms with Crippen molar-refractivity contribution in [2.45, 2.75) is 0 Å². The summed E-state index contributed by atoms with van der Waals surface area (Å²) in [4.78, 5) is 9.18. The van der Waals surface area contributed by atoms with Crippen molar-refractivity contribution in [1.82, 2.24) is 14.4 Å². The van der Waals surface area contributed by atoms with Crippen LogP contribution in [0.25, 0.3) is 27.9 Å². The van der Waals surface area contributed by atoms with E-state index < -0.39 is 0 Å². The highest BCUT2D eigenvalue weighted by Crippen LogP contribution is 2.32. The first kappa shape index (κ1) is 14.5. The number of imidazole rings is 1. The Kier molecular flexibility index (Phi) is 3.51. The summed E-state index contributed by atoms with van der Waals surface area (Å²) >= 11 is 0. The number of aromatic hydroxyl groups is 1. The Balaban J connectivity index is 2.06. The zero-order valence-electron chi connectivity index (χ0n) is 13.0. The predicted octanol–water partition coefficient (Wildman–Crippen LogP) is 2.63. The lowest BCUT2D eigenvalue weighted by Gasteiger charge is -2.11. The van der Waals surface area contributed by atoms with E-state index >= 15 is 0 Å². The van der Waals surface area contributed by atoms with Gasteiger partial charge in [0.15, 0.2) is 11.5 Å². The molecule has 2 aromatic heterocycles. The van der Waals surface area contributed by atoms with Gasteiger partial charge in [-0.3, -0.25) is 4.40 Å². The van der Waals surface area contributed by atoms with E-state index in [4.69, 9.17) is 5.73 Å². The van der Waals surface area contributed by atoms with Gasteiger partial charge in [0.25, 0.3) is 0 Å². The zero-order chi connectivity index (χ0) is 16.5. The van der Waals surface area contributed by atoms with Crippen LogP contribution in [0.1, 0.15) is 0 Å². The molecule has 0 unspecified atom stereocenters. The Labute approximate surface area is 138 Å². The van der Waals surface area contributed by atoms with Crippen LogP contribution >= 0.6 is 0 Å². The highest BCUT2D eigenvalue weighted by molar-refractivity contribution is 5.86. The molecule has 0 saturated carbocycles. The normalized spacial score (nSPS) is 11.2. The summed E-state index contributed by atoms with van der Waals surface area (Å²) in [7, 11) is 0. The van der Waals surface area contributed by atoms with Gasteiger partial charge in [-0.25, -0.2) is 9.97 Å². The molecule has 0 aliphatic rings. The summed E-state index contributed by atoms with van der Waals surface area (Å²) in [6.45, 7) is 1.12. The van der Waals surface area contributed by atoms with Crippen LogP contribution in [-0.2, 0) is 0 Å². The molecule has 0 saturated heterocycles. The number of nitrogens with two attached hydrogens (primary N) is 1. The largest absolute Gasteiger partial charge is 0.507 e. The van der Waals surface area contributed by atoms with Gasteiger partial charge in [-0.2, -0.15) is 0 Å². The van der Waals surface area contributed by atoms with Crippen LogP contribution < -0.4 is 11.1 Å². The van der Waals surface area contributed by atoms with Crippen molar-refractivity contribution in [2.24, 2.45) is 5.73 Å². The van der Waals surface area contributed by atoms with Crippen molar-refractivity contribution in [3.8, 4) is 17.0 Å². The summed E-state index contributed by atoms with van der Waals surface area (Å²) in [5.41, 5.74) is 9.63. The molecule has 6 nitrogen and oxygen atoms in total. The molecular formula is C18H17N5O. The quantitative estimate of drug-likeness (QED) is 0.538. The van der Waals surface area contributed by atoms with Crippen LogP contribution in [-0.4, -0.2) is 32.6 Å². The average molecular weight is 319 g/mol. The van der Waals surface area contributed by atoms with E-state index in [1.165, 1.54) is 0 Å². The van der Waals surface area contributed by atoms with Gasteiger partial charge in [0.1, 0.15) is 5.75 Å². The van der Waals surface area contributed by atoms with E-state index in [1.54, 1.807) is 18.3 Å². The molecule has 0 atom stereocenters. The van der Waals surface area contributed by atoms with E-state index in [2.05, 4.69) is 15.3 Å². The molecule has 24 heavy (non-hydrogen) atoms. The molecule has 4 N–H and O–H groups in total. The molecule has 0 radical (unpaired) electrons. The maximum Gasteiger partial charge on any atom is 0.181 e. The predicted molar refractivity (Wildman–Crippen MR) is 95.1 cm³/mol. The van der Waals surface area contributed by atoms with Crippen molar-refractivity contribution in [1.29, 1.82) is 0 Å². The second kappa shape index (κ2) is 5.82. The molecule has 6 heteroatoms. The summed E-state index contributed by atoms with van der Waals surface area (Å²) in [6.07, 6.45) is 1.76. The van der Waals surface area contributed by atoms with Crippen molar-refractivity contribution < 1.29 is 5.11 Å². The zero-order valence-corrected chi connectivity index (χ0v) is 13.0. The molecule has 4 rings (SSSR count). The Morgan fingerprint density at radius 1 is 1.08 bits per heavy atom. The molecule has 0 aliphatic heterocycles. The molecule has 0 amide bonds. The maximum atomic E-state index is 10.2. The average Bonchev–Trinajstić information content (AvgIpc) is 3.05. The summed E-state index contributed by atoms with van der Waals surface area (Å²) < 4.78 is 2.01. The number of hydrogen-bond donors (Lipinski definition) is 3. The Hall–Kier alpha value is -3.12. The molecule has 4 aromatic rings. The lowest BCUT2D eigenvalue weighted by atomic mass is 10.1. The first-order chi connectivity index (χ1) is 11.8. The second-order valence-electron chi connectivity index (χ2n) is 5.48. The molecular weight excluding hydrogens is 302 g/mol. The third-order valence-corrected chi connectivity index (χ3v) is 3.95. The number of fused-ring (bicyclic) bond motifs is 3. The lowest BCUT2D eigenvalue weighted by Crippen LogP contribution is -2.15. The van der Waals surface area contributed by atoms with Crippen LogP contribution in [0.4, 0.5) is 5.82 Å². The fourth-order valence-corrected chi connectivity index (χ4v) is 2.87. The van der Waals surface area contributed by atoms with Crippen molar-refractivity contribution >= 4 is 22.5 Å². The number of nitrogens with zero attached hydrogens (tertiary/aromatic N) is 3. The number of rotatable bonds is 4. The Bertz CT molecular complexity index is 1020. The van der Waals surface area contributed by atoms with Gasteiger partial charge in [-0.1, -0.05) is 24.3 Å². The minimum Gasteiger partial charge on any atom is -0.507 e. The number of benzene rings is 2. The minimum absolute atomic E-state index is 0.219. The molecule has 0 aliphatic carbocycles. The molecule has 2 heterocycles. The monoisotopic (exact) mass is 319 g/mol. The third-order valence-electron chi connectivity index (χ3n) is 3.95. The van der Waals surface area contributed by atoms with Crippen LogP contribution in [0.5, 0.6) is 5.75 Å². The standard InChI is InChI=1S/C18H17N5O/c19-9-10-20-17-18-21-11-15(12-5-1-4-8-16(12)24)23(18)14-7-3-2-6-13(14)22-17/h1-8,11,24H,9-10,19H2,(H,20,22). The van der Waals surface area contributed by atoms with Gasteiger partial charge in [0.2, 0.25) is 0 Å². The van der Waals surface area contributed by atoms with Crippen molar-refractivity contribution in [2.75, 3.05) is 18.4 Å². The van der Waals surface area contributed by atoms with Gasteiger partial charge in [0.05, 0.1) is 22.9 Å². The molecule has 0 spiro atoms. The van der Waals surface area contributed by atoms with Crippen LogP contribution in [0.3, 0.4) is 0 Å². The lowest BCUT2D eigenvalue weighted by molar-refractivity contribution is 0.477. The van der Waals surface area contributed by atoms with E-state index in [1.807, 2.05) is 40.8 Å². The second-order valence-corrected chi connectivity index (χ2v) is 5.48. The Morgan fingerprint density at radius 2 is 1.88 bits per heavy atom. The van der Waals surface area contributed by atoms with E-state index in [9.17, 15) is 5.11 Å². The van der Waals surface area contributed by atoms with Gasteiger partial charge in [-0.05, 0) is 24.3 Å². The van der Waals surface area contributed by atoms with Gasteiger partial charge < -0.3 is 16.2 Å². The van der Waals surface area contributed by atoms with Crippen LogP contribution in [0.2, 0.25) is 0 Å². The third kappa shape index (κ3) is 2.24. The number of aromatic nitrogens is 3. The van der Waals surface area contributed by atoms with Gasteiger partial charge in [0, 0.05) is 18.7 Å². The van der Waals surface area contributed by atoms with Crippen LogP contribution in [0, 0.1) is 0 Å². The first-order valence-electron chi connectivity index (χ1n) is 7.78. The molecule has 0 fully saturated rings.